The highest BCUT2D eigenvalue weighted by Crippen LogP contribution is 2.35. The quantitative estimate of drug-likeness (QED) is 0.657. The van der Waals surface area contributed by atoms with Crippen molar-refractivity contribution < 1.29 is 22.8 Å². The molecule has 0 saturated heterocycles. The summed E-state index contributed by atoms with van der Waals surface area (Å²) in [5.74, 6) is -0.206. The molecule has 0 aliphatic heterocycles. The van der Waals surface area contributed by atoms with E-state index in [9.17, 15) is 22.8 Å². The topological polar surface area (TPSA) is 88.1 Å². The van der Waals surface area contributed by atoms with Crippen LogP contribution in [0.15, 0.2) is 24.3 Å². The van der Waals surface area contributed by atoms with E-state index in [0.717, 1.165) is 25.7 Å². The monoisotopic (exact) mass is 437 g/mol. The van der Waals surface area contributed by atoms with Gasteiger partial charge >= 0.3 is 12.2 Å². The Bertz CT molecular complexity index is 947. The number of hydrogen-bond acceptors (Lipinski definition) is 3. The van der Waals surface area contributed by atoms with Crippen molar-refractivity contribution in [2.45, 2.75) is 57.8 Å². The zero-order chi connectivity index (χ0) is 22.8. The molecule has 1 unspecified atom stereocenters. The third-order valence-electron chi connectivity index (χ3n) is 5.55. The minimum atomic E-state index is -4.70. The van der Waals surface area contributed by atoms with Gasteiger partial charge in [0.05, 0.1) is 5.69 Å². The van der Waals surface area contributed by atoms with Crippen LogP contribution in [0.5, 0.6) is 0 Å². The highest BCUT2D eigenvalue weighted by atomic mass is 19.4. The van der Waals surface area contributed by atoms with Crippen LogP contribution in [0, 0.1) is 13.8 Å². The number of nitrogens with zero attached hydrogens (tertiary/aromatic N) is 2. The molecule has 1 atom stereocenters. The minimum absolute atomic E-state index is 0.0796. The molecule has 7 nitrogen and oxygen atoms in total. The first kappa shape index (κ1) is 22.6. The van der Waals surface area contributed by atoms with Gasteiger partial charge in [-0.15, -0.1) is 0 Å². The smallest absolute Gasteiger partial charge is 0.349 e. The van der Waals surface area contributed by atoms with Crippen molar-refractivity contribution in [1.29, 1.82) is 0 Å². The molecule has 1 fully saturated rings. The molecule has 1 aliphatic carbocycles. The number of rotatable bonds is 5. The van der Waals surface area contributed by atoms with Gasteiger partial charge in [0.25, 0.3) is 5.91 Å². The Morgan fingerprint density at radius 3 is 2.26 bits per heavy atom. The molecule has 1 aliphatic rings. The van der Waals surface area contributed by atoms with Crippen molar-refractivity contribution in [3.05, 3.63) is 46.8 Å². The molecule has 10 heteroatoms. The molecular weight excluding hydrogens is 411 g/mol. The number of alkyl halides is 3. The minimum Gasteiger partial charge on any atom is -0.349 e. The summed E-state index contributed by atoms with van der Waals surface area (Å²) in [5.41, 5.74) is 1.13. The molecule has 1 saturated carbocycles. The maximum absolute atomic E-state index is 13.7. The van der Waals surface area contributed by atoms with Gasteiger partial charge in [-0.25, -0.2) is 4.79 Å². The van der Waals surface area contributed by atoms with Crippen LogP contribution in [0.2, 0.25) is 0 Å². The second-order valence-electron chi connectivity index (χ2n) is 7.81. The number of amides is 3. The van der Waals surface area contributed by atoms with Crippen LogP contribution >= 0.6 is 0 Å². The second-order valence-corrected chi connectivity index (χ2v) is 7.81. The van der Waals surface area contributed by atoms with Gasteiger partial charge in [-0.1, -0.05) is 12.8 Å². The SMILES string of the molecule is Cc1nn(C)c(C)c1C(NC(=O)Nc1ccc(C(=O)NC2CCCC2)cc1)C(F)(F)F. The van der Waals surface area contributed by atoms with E-state index < -0.39 is 18.2 Å². The first-order valence-electron chi connectivity index (χ1n) is 10.1. The molecule has 1 aromatic heterocycles. The van der Waals surface area contributed by atoms with Gasteiger partial charge < -0.3 is 16.0 Å². The van der Waals surface area contributed by atoms with Gasteiger partial charge in [0.1, 0.15) is 0 Å². The van der Waals surface area contributed by atoms with Crippen molar-refractivity contribution >= 4 is 17.6 Å². The third-order valence-corrected chi connectivity index (χ3v) is 5.55. The van der Waals surface area contributed by atoms with E-state index in [1.54, 1.807) is 7.05 Å². The molecule has 168 valence electrons. The summed E-state index contributed by atoms with van der Waals surface area (Å²) < 4.78 is 42.3. The Labute approximate surface area is 178 Å². The molecule has 3 amide bonds. The lowest BCUT2D eigenvalue weighted by Crippen LogP contribution is -2.41. The highest BCUT2D eigenvalue weighted by Gasteiger charge is 2.44. The summed E-state index contributed by atoms with van der Waals surface area (Å²) in [6, 6.07) is 2.98. The second kappa shape index (κ2) is 8.99. The fraction of sp³-hybridized carbons (Fsp3) is 0.476. The summed E-state index contributed by atoms with van der Waals surface area (Å²) in [6.45, 7) is 2.99. The van der Waals surface area contributed by atoms with Gasteiger partial charge in [-0.2, -0.15) is 18.3 Å². The molecule has 31 heavy (non-hydrogen) atoms. The fourth-order valence-electron chi connectivity index (χ4n) is 3.87. The van der Waals surface area contributed by atoms with Crippen molar-refractivity contribution in [3.8, 4) is 0 Å². The summed E-state index contributed by atoms with van der Waals surface area (Å²) in [7, 11) is 1.55. The molecule has 3 N–H and O–H groups in total. The molecule has 3 rings (SSSR count). The Hall–Kier alpha value is -3.04. The molecule has 0 bridgehead atoms. The van der Waals surface area contributed by atoms with Gasteiger partial charge in [0.2, 0.25) is 0 Å². The number of aryl methyl sites for hydroxylation is 2. The number of carbonyl (C=O) groups excluding carboxylic acids is 2. The van der Waals surface area contributed by atoms with Crippen molar-refractivity contribution in [1.82, 2.24) is 20.4 Å². The number of urea groups is 1. The van der Waals surface area contributed by atoms with E-state index >= 15 is 0 Å². The summed E-state index contributed by atoms with van der Waals surface area (Å²) in [5, 5.41) is 11.3. The van der Waals surface area contributed by atoms with Crippen molar-refractivity contribution in [2.75, 3.05) is 5.32 Å². The third kappa shape index (κ3) is 5.36. The number of hydrogen-bond donors (Lipinski definition) is 3. The summed E-state index contributed by atoms with van der Waals surface area (Å²) >= 11 is 0. The van der Waals surface area contributed by atoms with Crippen molar-refractivity contribution in [2.24, 2.45) is 7.05 Å². The first-order chi connectivity index (χ1) is 14.6. The van der Waals surface area contributed by atoms with Crippen LogP contribution in [0.3, 0.4) is 0 Å². The maximum atomic E-state index is 13.7. The van der Waals surface area contributed by atoms with Gasteiger partial charge in [0.15, 0.2) is 6.04 Å². The predicted molar refractivity (Wildman–Crippen MR) is 110 cm³/mol. The standard InChI is InChI=1S/C21H26F3N5O2/c1-12-17(13(2)29(3)28-12)18(21(22,23)24)27-20(31)26-16-10-8-14(9-11-16)19(30)25-15-6-4-5-7-15/h8-11,15,18H,4-7H2,1-3H3,(H,25,30)(H2,26,27,31). The van der Waals surface area contributed by atoms with E-state index in [2.05, 4.69) is 15.7 Å². The van der Waals surface area contributed by atoms with Crippen molar-refractivity contribution in [3.63, 3.8) is 0 Å². The van der Waals surface area contributed by atoms with E-state index in [4.69, 9.17) is 0 Å². The van der Waals surface area contributed by atoms with Crippen LogP contribution in [0.25, 0.3) is 0 Å². The molecular formula is C21H26F3N5O2. The van der Waals surface area contributed by atoms with E-state index in [0.29, 0.717) is 11.3 Å². The highest BCUT2D eigenvalue weighted by molar-refractivity contribution is 5.95. The lowest BCUT2D eigenvalue weighted by molar-refractivity contribution is -0.155. The van der Waals surface area contributed by atoms with Gasteiger partial charge in [-0.3, -0.25) is 9.48 Å². The number of aromatic nitrogens is 2. The fourth-order valence-corrected chi connectivity index (χ4v) is 3.87. The largest absolute Gasteiger partial charge is 0.413 e. The van der Waals surface area contributed by atoms with E-state index in [-0.39, 0.29) is 28.9 Å². The van der Waals surface area contributed by atoms with Gasteiger partial charge in [0, 0.05) is 35.6 Å². The molecule has 1 heterocycles. The normalized spacial score (nSPS) is 15.5. The maximum Gasteiger partial charge on any atom is 0.413 e. The Morgan fingerprint density at radius 2 is 1.74 bits per heavy atom. The molecule has 0 radical (unpaired) electrons. The Balaban J connectivity index is 1.66. The number of carbonyl (C=O) groups is 2. The molecule has 0 spiro atoms. The van der Waals surface area contributed by atoms with Crippen LogP contribution < -0.4 is 16.0 Å². The lowest BCUT2D eigenvalue weighted by Gasteiger charge is -2.22. The van der Waals surface area contributed by atoms with Gasteiger partial charge in [-0.05, 0) is 51.0 Å². The van der Waals surface area contributed by atoms with Crippen LogP contribution in [-0.2, 0) is 7.05 Å². The molecule has 2 aromatic rings. The summed E-state index contributed by atoms with van der Waals surface area (Å²) in [6.07, 6.45) is -0.582. The van der Waals surface area contributed by atoms with Crippen LogP contribution in [-0.4, -0.2) is 33.9 Å². The lowest BCUT2D eigenvalue weighted by atomic mass is 10.0. The summed E-state index contributed by atoms with van der Waals surface area (Å²) in [4.78, 5) is 24.6. The average Bonchev–Trinajstić information content (AvgIpc) is 3.28. The first-order valence-corrected chi connectivity index (χ1v) is 10.1. The number of nitrogens with one attached hydrogen (secondary N) is 3. The number of anilines is 1. The average molecular weight is 437 g/mol. The number of halogens is 3. The van der Waals surface area contributed by atoms with Crippen LogP contribution in [0.4, 0.5) is 23.7 Å². The Morgan fingerprint density at radius 1 is 1.13 bits per heavy atom. The zero-order valence-corrected chi connectivity index (χ0v) is 17.6. The molecule has 1 aromatic carbocycles. The van der Waals surface area contributed by atoms with E-state index in [1.165, 1.54) is 42.8 Å². The predicted octanol–water partition coefficient (Wildman–Crippen LogP) is 4.13. The Kier molecular flexibility index (Phi) is 6.56. The van der Waals surface area contributed by atoms with E-state index in [1.807, 2.05) is 5.32 Å². The van der Waals surface area contributed by atoms with Crippen LogP contribution in [0.1, 0.15) is 59.0 Å². The zero-order valence-electron chi connectivity index (χ0n) is 17.6. The number of benzene rings is 1.